The van der Waals surface area contributed by atoms with Gasteiger partial charge in [0, 0.05) is 13.1 Å². The van der Waals surface area contributed by atoms with Gasteiger partial charge in [-0.05, 0) is 19.2 Å². The molecule has 0 aliphatic carbocycles. The van der Waals surface area contributed by atoms with Gasteiger partial charge in [-0.25, -0.2) is 4.98 Å². The first-order chi connectivity index (χ1) is 7.78. The van der Waals surface area contributed by atoms with Gasteiger partial charge in [-0.15, -0.1) is 0 Å². The molecule has 2 nitrogen and oxygen atoms in total. The average molecular weight is 287 g/mol. The van der Waals surface area contributed by atoms with Crippen LogP contribution in [0, 0.1) is 0 Å². The van der Waals surface area contributed by atoms with E-state index in [9.17, 15) is 13.2 Å². The predicted molar refractivity (Wildman–Crippen MR) is 61.3 cm³/mol. The molecule has 0 saturated heterocycles. The fraction of sp³-hybridized carbons (Fsp3) is 0.500. The lowest BCUT2D eigenvalue weighted by molar-refractivity contribution is -0.137. The summed E-state index contributed by atoms with van der Waals surface area (Å²) in [4.78, 5) is 5.47. The Labute approximate surface area is 107 Å². The Hall–Kier alpha value is -0.520. The minimum atomic E-state index is -4.15. The van der Waals surface area contributed by atoms with Crippen molar-refractivity contribution < 1.29 is 13.2 Å². The van der Waals surface area contributed by atoms with E-state index in [-0.39, 0.29) is 18.2 Å². The van der Waals surface area contributed by atoms with Gasteiger partial charge >= 0.3 is 6.18 Å². The maximum Gasteiger partial charge on any atom is 0.390 e. The molecular weight excluding hydrogens is 276 g/mol. The van der Waals surface area contributed by atoms with E-state index in [1.807, 2.05) is 0 Å². The Morgan fingerprint density at radius 3 is 2.53 bits per heavy atom. The van der Waals surface area contributed by atoms with Gasteiger partial charge in [0.05, 0.1) is 17.1 Å². The largest absolute Gasteiger partial charge is 0.390 e. The van der Waals surface area contributed by atoms with Gasteiger partial charge in [0.2, 0.25) is 0 Å². The van der Waals surface area contributed by atoms with Crippen LogP contribution < -0.4 is 0 Å². The monoisotopic (exact) mass is 286 g/mol. The molecule has 0 spiro atoms. The molecule has 7 heteroatoms. The average Bonchev–Trinajstić information content (AvgIpc) is 2.20. The number of hydrogen-bond acceptors (Lipinski definition) is 2. The molecule has 0 unspecified atom stereocenters. The second kappa shape index (κ2) is 5.89. The highest BCUT2D eigenvalue weighted by molar-refractivity contribution is 6.32. The van der Waals surface area contributed by atoms with Crippen LogP contribution in [0.15, 0.2) is 12.1 Å². The first-order valence-corrected chi connectivity index (χ1v) is 5.60. The third-order valence-corrected chi connectivity index (χ3v) is 2.64. The Kier molecular flexibility index (Phi) is 5.04. The second-order valence-corrected chi connectivity index (χ2v) is 4.46. The summed E-state index contributed by atoms with van der Waals surface area (Å²) in [5, 5.41) is 0.668. The molecule has 0 atom stereocenters. The molecule has 1 heterocycles. The maximum atomic E-state index is 12.0. The van der Waals surface area contributed by atoms with Gasteiger partial charge in [-0.2, -0.15) is 13.2 Å². The molecule has 1 rings (SSSR count). The number of nitrogens with zero attached hydrogens (tertiary/aromatic N) is 2. The highest BCUT2D eigenvalue weighted by atomic mass is 35.5. The van der Waals surface area contributed by atoms with E-state index in [4.69, 9.17) is 23.2 Å². The highest BCUT2D eigenvalue weighted by Crippen LogP contribution is 2.21. The van der Waals surface area contributed by atoms with Gasteiger partial charge in [-0.1, -0.05) is 23.2 Å². The quantitative estimate of drug-likeness (QED) is 0.784. The Morgan fingerprint density at radius 1 is 1.29 bits per heavy atom. The summed E-state index contributed by atoms with van der Waals surface area (Å²) in [6.07, 6.45) is -5.01. The second-order valence-electron chi connectivity index (χ2n) is 3.67. The van der Waals surface area contributed by atoms with Crippen LogP contribution in [0.1, 0.15) is 12.1 Å². The van der Waals surface area contributed by atoms with Crippen molar-refractivity contribution in [3.8, 4) is 0 Å². The lowest BCUT2D eigenvalue weighted by Gasteiger charge is -2.17. The molecule has 0 radical (unpaired) electrons. The van der Waals surface area contributed by atoms with Gasteiger partial charge < -0.3 is 4.90 Å². The van der Waals surface area contributed by atoms with Crippen molar-refractivity contribution in [1.29, 1.82) is 0 Å². The standard InChI is InChI=1S/C10H11Cl2F3N2/c1-17(5-4-10(13,14)15)6-8-7(11)2-3-9(12)16-8/h2-3H,4-6H2,1H3. The van der Waals surface area contributed by atoms with E-state index < -0.39 is 12.6 Å². The first kappa shape index (κ1) is 14.5. The van der Waals surface area contributed by atoms with Crippen molar-refractivity contribution in [3.05, 3.63) is 28.0 Å². The molecule has 0 fully saturated rings. The van der Waals surface area contributed by atoms with E-state index in [2.05, 4.69) is 4.98 Å². The van der Waals surface area contributed by atoms with Crippen LogP contribution in [0.5, 0.6) is 0 Å². The van der Waals surface area contributed by atoms with E-state index >= 15 is 0 Å². The number of hydrogen-bond donors (Lipinski definition) is 0. The fourth-order valence-electron chi connectivity index (χ4n) is 1.22. The third kappa shape index (κ3) is 5.57. The molecular formula is C10H11Cl2F3N2. The van der Waals surface area contributed by atoms with Crippen molar-refractivity contribution in [1.82, 2.24) is 9.88 Å². The molecule has 1 aromatic heterocycles. The smallest absolute Gasteiger partial charge is 0.300 e. The highest BCUT2D eigenvalue weighted by Gasteiger charge is 2.27. The van der Waals surface area contributed by atoms with Crippen molar-refractivity contribution >= 4 is 23.2 Å². The van der Waals surface area contributed by atoms with E-state index in [0.717, 1.165) is 0 Å². The molecule has 0 aliphatic rings. The molecule has 96 valence electrons. The molecule has 0 aromatic carbocycles. The zero-order chi connectivity index (χ0) is 13.1. The Morgan fingerprint density at radius 2 is 1.94 bits per heavy atom. The number of alkyl halides is 3. The molecule has 0 aliphatic heterocycles. The zero-order valence-corrected chi connectivity index (χ0v) is 10.6. The summed E-state index contributed by atoms with van der Waals surface area (Å²) in [7, 11) is 1.57. The summed E-state index contributed by atoms with van der Waals surface area (Å²) in [5.41, 5.74) is 0.476. The fourth-order valence-corrected chi connectivity index (χ4v) is 1.55. The van der Waals surface area contributed by atoms with Gasteiger partial charge in [0.15, 0.2) is 0 Å². The lowest BCUT2D eigenvalue weighted by Crippen LogP contribution is -2.24. The Bertz CT molecular complexity index is 382. The number of aromatic nitrogens is 1. The van der Waals surface area contributed by atoms with Crippen LogP contribution in [0.2, 0.25) is 10.2 Å². The van der Waals surface area contributed by atoms with E-state index in [1.54, 1.807) is 13.1 Å². The van der Waals surface area contributed by atoms with Crippen LogP contribution in [0.25, 0.3) is 0 Å². The van der Waals surface area contributed by atoms with E-state index in [0.29, 0.717) is 10.7 Å². The summed E-state index contributed by atoms with van der Waals surface area (Å²) in [5.74, 6) is 0. The molecule has 0 N–H and O–H groups in total. The van der Waals surface area contributed by atoms with Crippen molar-refractivity contribution in [3.63, 3.8) is 0 Å². The number of halogens is 5. The molecule has 0 amide bonds. The van der Waals surface area contributed by atoms with Gasteiger partial charge in [0.25, 0.3) is 0 Å². The SMILES string of the molecule is CN(CCC(F)(F)F)Cc1nc(Cl)ccc1Cl. The van der Waals surface area contributed by atoms with Crippen molar-refractivity contribution in [2.75, 3.05) is 13.6 Å². The zero-order valence-electron chi connectivity index (χ0n) is 9.06. The van der Waals surface area contributed by atoms with Crippen molar-refractivity contribution in [2.24, 2.45) is 0 Å². The predicted octanol–water partition coefficient (Wildman–Crippen LogP) is 3.77. The summed E-state index contributed by atoms with van der Waals surface area (Å²) in [6.45, 7) is 0.128. The Balaban J connectivity index is 2.56. The van der Waals surface area contributed by atoms with Gasteiger partial charge in [-0.3, -0.25) is 0 Å². The summed E-state index contributed by atoms with van der Waals surface area (Å²) >= 11 is 11.5. The topological polar surface area (TPSA) is 16.1 Å². The normalized spacial score (nSPS) is 12.2. The van der Waals surface area contributed by atoms with Gasteiger partial charge in [0.1, 0.15) is 5.15 Å². The number of pyridine rings is 1. The summed E-state index contributed by atoms with van der Waals surface area (Å²) < 4.78 is 36.0. The van der Waals surface area contributed by atoms with Crippen LogP contribution in [-0.2, 0) is 6.54 Å². The first-order valence-electron chi connectivity index (χ1n) is 4.84. The minimum absolute atomic E-state index is 0.103. The third-order valence-electron chi connectivity index (χ3n) is 2.08. The van der Waals surface area contributed by atoms with Crippen molar-refractivity contribution in [2.45, 2.75) is 19.1 Å². The number of rotatable bonds is 4. The van der Waals surface area contributed by atoms with Crippen LogP contribution in [0.3, 0.4) is 0 Å². The van der Waals surface area contributed by atoms with E-state index in [1.165, 1.54) is 11.0 Å². The molecule has 1 aromatic rings. The molecule has 17 heavy (non-hydrogen) atoms. The molecule has 0 bridgehead atoms. The lowest BCUT2D eigenvalue weighted by atomic mass is 10.3. The van der Waals surface area contributed by atoms with Crippen LogP contribution >= 0.6 is 23.2 Å². The minimum Gasteiger partial charge on any atom is -0.300 e. The molecule has 0 saturated carbocycles. The van der Waals surface area contributed by atoms with Crippen LogP contribution in [-0.4, -0.2) is 29.7 Å². The maximum absolute atomic E-state index is 12.0. The van der Waals surface area contributed by atoms with Crippen LogP contribution in [0.4, 0.5) is 13.2 Å². The summed E-state index contributed by atoms with van der Waals surface area (Å²) in [6, 6.07) is 3.10.